The van der Waals surface area contributed by atoms with E-state index in [1.807, 2.05) is 11.3 Å². The van der Waals surface area contributed by atoms with Crippen molar-refractivity contribution < 1.29 is 0 Å². The Balaban J connectivity index is 1.85. The molecule has 1 aromatic rings. The number of aryl methyl sites for hydroxylation is 1. The molecule has 1 N–H and O–H groups in total. The average molecular weight is 251 g/mol. The number of hydrogen-bond acceptors (Lipinski definition) is 2. The Hall–Kier alpha value is -0.340. The Morgan fingerprint density at radius 2 is 2.00 bits per heavy atom. The third kappa shape index (κ3) is 3.56. The summed E-state index contributed by atoms with van der Waals surface area (Å²) in [6, 6.07) is 4.99. The van der Waals surface area contributed by atoms with E-state index in [1.54, 1.807) is 0 Å². The SMILES string of the molecule is Cc1ccc(C(C)NCC2(C)CCCCC2)s1. The molecule has 0 bridgehead atoms. The standard InChI is InChI=1S/C15H25NS/c1-12-7-8-14(17-12)13(2)16-11-15(3)9-5-4-6-10-15/h7-8,13,16H,4-6,9-11H2,1-3H3. The van der Waals surface area contributed by atoms with Crippen LogP contribution in [0.2, 0.25) is 0 Å². The second-order valence-electron chi connectivity index (χ2n) is 5.92. The van der Waals surface area contributed by atoms with Crippen LogP contribution < -0.4 is 5.32 Å². The topological polar surface area (TPSA) is 12.0 Å². The third-order valence-corrected chi connectivity index (χ3v) is 5.27. The molecule has 1 aromatic heterocycles. The van der Waals surface area contributed by atoms with Gasteiger partial charge in [0, 0.05) is 22.3 Å². The minimum Gasteiger partial charge on any atom is -0.309 e. The summed E-state index contributed by atoms with van der Waals surface area (Å²) in [5, 5.41) is 3.73. The van der Waals surface area contributed by atoms with E-state index in [4.69, 9.17) is 0 Å². The van der Waals surface area contributed by atoms with Crippen molar-refractivity contribution in [3.63, 3.8) is 0 Å². The van der Waals surface area contributed by atoms with Crippen molar-refractivity contribution >= 4 is 11.3 Å². The van der Waals surface area contributed by atoms with Gasteiger partial charge in [-0.25, -0.2) is 0 Å². The Morgan fingerprint density at radius 1 is 1.29 bits per heavy atom. The van der Waals surface area contributed by atoms with Crippen molar-refractivity contribution in [1.82, 2.24) is 5.32 Å². The molecule has 0 aromatic carbocycles. The predicted octanol–water partition coefficient (Wildman–Crippen LogP) is 4.68. The van der Waals surface area contributed by atoms with Gasteiger partial charge in [-0.15, -0.1) is 11.3 Å². The van der Waals surface area contributed by atoms with Crippen LogP contribution in [0.1, 0.15) is 61.7 Å². The van der Waals surface area contributed by atoms with Gasteiger partial charge in [0.1, 0.15) is 0 Å². The largest absolute Gasteiger partial charge is 0.309 e. The molecule has 0 radical (unpaired) electrons. The lowest BCUT2D eigenvalue weighted by Gasteiger charge is -2.34. The van der Waals surface area contributed by atoms with Gasteiger partial charge in [-0.05, 0) is 44.2 Å². The van der Waals surface area contributed by atoms with Crippen LogP contribution in [-0.2, 0) is 0 Å². The van der Waals surface area contributed by atoms with E-state index < -0.39 is 0 Å². The molecule has 0 saturated heterocycles. The molecule has 17 heavy (non-hydrogen) atoms. The van der Waals surface area contributed by atoms with Crippen molar-refractivity contribution in [3.05, 3.63) is 21.9 Å². The van der Waals surface area contributed by atoms with Crippen LogP contribution in [0, 0.1) is 12.3 Å². The van der Waals surface area contributed by atoms with Gasteiger partial charge < -0.3 is 5.32 Å². The normalized spacial score (nSPS) is 21.4. The maximum atomic E-state index is 3.73. The zero-order valence-electron chi connectivity index (χ0n) is 11.4. The van der Waals surface area contributed by atoms with Gasteiger partial charge in [0.15, 0.2) is 0 Å². The molecule has 1 atom stereocenters. The van der Waals surface area contributed by atoms with Crippen LogP contribution >= 0.6 is 11.3 Å². The minimum atomic E-state index is 0.507. The smallest absolute Gasteiger partial charge is 0.0386 e. The Kier molecular flexibility index (Phi) is 4.26. The minimum absolute atomic E-state index is 0.507. The Morgan fingerprint density at radius 3 is 2.59 bits per heavy atom. The highest BCUT2D eigenvalue weighted by molar-refractivity contribution is 7.12. The molecule has 1 aliphatic rings. The molecule has 0 aliphatic heterocycles. The summed E-state index contributed by atoms with van der Waals surface area (Å²) in [6.45, 7) is 8.09. The zero-order valence-corrected chi connectivity index (χ0v) is 12.2. The predicted molar refractivity (Wildman–Crippen MR) is 76.7 cm³/mol. The van der Waals surface area contributed by atoms with Gasteiger partial charge in [-0.3, -0.25) is 0 Å². The van der Waals surface area contributed by atoms with Crippen molar-refractivity contribution in [3.8, 4) is 0 Å². The van der Waals surface area contributed by atoms with E-state index in [0.717, 1.165) is 0 Å². The highest BCUT2D eigenvalue weighted by Crippen LogP contribution is 2.35. The van der Waals surface area contributed by atoms with E-state index in [0.29, 0.717) is 11.5 Å². The molecule has 1 nitrogen and oxygen atoms in total. The highest BCUT2D eigenvalue weighted by atomic mass is 32.1. The molecule has 1 fully saturated rings. The monoisotopic (exact) mass is 251 g/mol. The van der Waals surface area contributed by atoms with Crippen LogP contribution in [0.3, 0.4) is 0 Å². The van der Waals surface area contributed by atoms with Gasteiger partial charge in [0.05, 0.1) is 0 Å². The summed E-state index contributed by atoms with van der Waals surface area (Å²) in [6.07, 6.45) is 7.08. The molecule has 2 rings (SSSR count). The highest BCUT2D eigenvalue weighted by Gasteiger charge is 2.26. The lowest BCUT2D eigenvalue weighted by Crippen LogP contribution is -2.34. The molecule has 1 heterocycles. The summed E-state index contributed by atoms with van der Waals surface area (Å²) >= 11 is 1.92. The molecule has 0 amide bonds. The molecule has 1 aliphatic carbocycles. The first-order valence-electron chi connectivity index (χ1n) is 6.89. The molecule has 1 unspecified atom stereocenters. The lowest BCUT2D eigenvalue weighted by atomic mass is 9.75. The number of rotatable bonds is 4. The summed E-state index contributed by atoms with van der Waals surface area (Å²) < 4.78 is 0. The van der Waals surface area contributed by atoms with Gasteiger partial charge in [0.25, 0.3) is 0 Å². The summed E-state index contributed by atoms with van der Waals surface area (Å²) in [4.78, 5) is 2.89. The van der Waals surface area contributed by atoms with Crippen molar-refractivity contribution in [2.75, 3.05) is 6.54 Å². The van der Waals surface area contributed by atoms with E-state index in [1.165, 1.54) is 48.4 Å². The Labute approximate surface area is 110 Å². The summed E-state index contributed by atoms with van der Waals surface area (Å²) in [5.74, 6) is 0. The van der Waals surface area contributed by atoms with Gasteiger partial charge in [-0.1, -0.05) is 26.2 Å². The van der Waals surface area contributed by atoms with Gasteiger partial charge in [-0.2, -0.15) is 0 Å². The first-order chi connectivity index (χ1) is 8.09. The first-order valence-corrected chi connectivity index (χ1v) is 7.70. The maximum Gasteiger partial charge on any atom is 0.0386 e. The maximum absolute atomic E-state index is 3.73. The number of thiophene rings is 1. The fourth-order valence-corrected chi connectivity index (χ4v) is 3.67. The number of nitrogens with one attached hydrogen (secondary N) is 1. The summed E-state index contributed by atoms with van der Waals surface area (Å²) in [7, 11) is 0. The van der Waals surface area contributed by atoms with Gasteiger partial charge >= 0.3 is 0 Å². The first kappa shape index (κ1) is 13.1. The molecule has 1 saturated carbocycles. The van der Waals surface area contributed by atoms with Crippen molar-refractivity contribution in [1.29, 1.82) is 0 Å². The second-order valence-corrected chi connectivity index (χ2v) is 7.24. The van der Waals surface area contributed by atoms with Crippen molar-refractivity contribution in [2.24, 2.45) is 5.41 Å². The second kappa shape index (κ2) is 5.53. The van der Waals surface area contributed by atoms with E-state index >= 15 is 0 Å². The van der Waals surface area contributed by atoms with Crippen LogP contribution in [-0.4, -0.2) is 6.54 Å². The fourth-order valence-electron chi connectivity index (χ4n) is 2.77. The van der Waals surface area contributed by atoms with Gasteiger partial charge in [0.2, 0.25) is 0 Å². The molecule has 96 valence electrons. The van der Waals surface area contributed by atoms with Crippen LogP contribution in [0.25, 0.3) is 0 Å². The van der Waals surface area contributed by atoms with Crippen LogP contribution in [0.15, 0.2) is 12.1 Å². The molecule has 2 heteroatoms. The van der Waals surface area contributed by atoms with Crippen LogP contribution in [0.4, 0.5) is 0 Å². The Bertz CT molecular complexity index is 350. The average Bonchev–Trinajstić information content (AvgIpc) is 2.74. The third-order valence-electron chi connectivity index (χ3n) is 4.08. The number of hydrogen-bond donors (Lipinski definition) is 1. The fraction of sp³-hybridized carbons (Fsp3) is 0.733. The molecular weight excluding hydrogens is 226 g/mol. The van der Waals surface area contributed by atoms with E-state index in [2.05, 4.69) is 38.2 Å². The van der Waals surface area contributed by atoms with Crippen LogP contribution in [0.5, 0.6) is 0 Å². The molecular formula is C15H25NS. The quantitative estimate of drug-likeness (QED) is 0.819. The van der Waals surface area contributed by atoms with E-state index in [-0.39, 0.29) is 0 Å². The lowest BCUT2D eigenvalue weighted by molar-refractivity contribution is 0.202. The molecule has 0 spiro atoms. The van der Waals surface area contributed by atoms with E-state index in [9.17, 15) is 0 Å². The van der Waals surface area contributed by atoms with Crippen molar-refractivity contribution in [2.45, 2.75) is 58.9 Å². The zero-order chi connectivity index (χ0) is 12.3. The summed E-state index contributed by atoms with van der Waals surface area (Å²) in [5.41, 5.74) is 0.540.